The number of halogens is 6. The molecule has 32 heavy (non-hydrogen) atoms. The minimum atomic E-state index is -4.66. The van der Waals surface area contributed by atoms with Crippen LogP contribution in [0.15, 0.2) is 36.4 Å². The molecule has 0 spiro atoms. The normalized spacial score (nSPS) is 22.1. The van der Waals surface area contributed by atoms with E-state index >= 15 is 0 Å². The van der Waals surface area contributed by atoms with Gasteiger partial charge in [-0.25, -0.2) is 0 Å². The zero-order valence-electron chi connectivity index (χ0n) is 16.6. The Morgan fingerprint density at radius 2 is 1.56 bits per heavy atom. The molecule has 2 saturated heterocycles. The number of rotatable bonds is 3. The number of alkyl halides is 6. The molecule has 5 rings (SSSR count). The topological polar surface area (TPSA) is 49.6 Å². The summed E-state index contributed by atoms with van der Waals surface area (Å²) in [5.41, 5.74) is -0.0296. The van der Waals surface area contributed by atoms with E-state index in [4.69, 9.17) is 0 Å². The van der Waals surface area contributed by atoms with Gasteiger partial charge in [0.05, 0.1) is 5.56 Å². The van der Waals surface area contributed by atoms with Crippen LogP contribution >= 0.6 is 0 Å². The van der Waals surface area contributed by atoms with Crippen molar-refractivity contribution >= 4 is 11.5 Å². The van der Waals surface area contributed by atoms with Crippen LogP contribution in [0.4, 0.5) is 32.2 Å². The van der Waals surface area contributed by atoms with Crippen molar-refractivity contribution < 1.29 is 26.3 Å². The number of benzene rings is 1. The third-order valence-electron chi connectivity index (χ3n) is 6.05. The summed E-state index contributed by atoms with van der Waals surface area (Å²) in [5.74, 6) is -0.217. The average Bonchev–Trinajstić information content (AvgIpc) is 3.39. The van der Waals surface area contributed by atoms with Crippen LogP contribution in [0.1, 0.15) is 17.0 Å². The smallest absolute Gasteiger partial charge is 0.355 e. The van der Waals surface area contributed by atoms with E-state index in [-0.39, 0.29) is 17.5 Å². The molecule has 0 N–H and O–H groups in total. The van der Waals surface area contributed by atoms with Crippen molar-refractivity contribution in [3.8, 4) is 0 Å². The summed E-state index contributed by atoms with van der Waals surface area (Å²) in [6, 6.07) is 8.43. The van der Waals surface area contributed by atoms with Gasteiger partial charge in [0.25, 0.3) is 5.82 Å². The number of anilines is 1. The van der Waals surface area contributed by atoms with E-state index in [0.29, 0.717) is 48.6 Å². The van der Waals surface area contributed by atoms with Gasteiger partial charge in [0.2, 0.25) is 0 Å². The van der Waals surface area contributed by atoms with Gasteiger partial charge in [-0.3, -0.25) is 4.90 Å². The quantitative estimate of drug-likeness (QED) is 0.563. The summed E-state index contributed by atoms with van der Waals surface area (Å²) in [7, 11) is 0. The van der Waals surface area contributed by atoms with Crippen molar-refractivity contribution in [3.63, 3.8) is 0 Å². The van der Waals surface area contributed by atoms with Crippen molar-refractivity contribution in [1.82, 2.24) is 24.7 Å². The molecule has 4 heterocycles. The van der Waals surface area contributed by atoms with Crippen molar-refractivity contribution in [2.75, 3.05) is 31.1 Å². The van der Waals surface area contributed by atoms with Crippen LogP contribution in [-0.2, 0) is 18.9 Å². The first-order valence-corrected chi connectivity index (χ1v) is 10.0. The van der Waals surface area contributed by atoms with E-state index in [9.17, 15) is 26.3 Å². The van der Waals surface area contributed by atoms with E-state index in [2.05, 4.69) is 20.2 Å². The molecule has 2 aromatic heterocycles. The minimum absolute atomic E-state index is 0.0210. The maximum absolute atomic E-state index is 13.1. The van der Waals surface area contributed by atoms with Gasteiger partial charge in [-0.15, -0.1) is 15.3 Å². The zero-order valence-corrected chi connectivity index (χ0v) is 16.6. The Kier molecular flexibility index (Phi) is 4.80. The fourth-order valence-corrected chi connectivity index (χ4v) is 4.64. The molecule has 2 fully saturated rings. The van der Waals surface area contributed by atoms with Gasteiger partial charge >= 0.3 is 12.4 Å². The molecule has 0 saturated carbocycles. The fraction of sp³-hybridized carbons (Fsp3) is 0.450. The second-order valence-electron chi connectivity index (χ2n) is 8.30. The van der Waals surface area contributed by atoms with Crippen LogP contribution in [0.2, 0.25) is 0 Å². The average molecular weight is 456 g/mol. The first kappa shape index (κ1) is 21.0. The molecular weight excluding hydrogens is 438 g/mol. The fourth-order valence-electron chi connectivity index (χ4n) is 4.64. The van der Waals surface area contributed by atoms with Crippen molar-refractivity contribution in [3.05, 3.63) is 53.3 Å². The number of fused-ring (bicyclic) bond motifs is 2. The predicted octanol–water partition coefficient (Wildman–Crippen LogP) is 3.73. The lowest BCUT2D eigenvalue weighted by Crippen LogP contribution is -2.29. The maximum atomic E-state index is 13.1. The summed E-state index contributed by atoms with van der Waals surface area (Å²) >= 11 is 0. The standard InChI is InChI=1S/C20H18F6N6/c21-19(22,23)15-3-1-2-12(6-15)7-30-8-13-10-31(11-14(13)9-30)17-5-4-16-27-28-18(20(24,25)26)32(16)29-17/h1-6,13-14H,7-11H2. The van der Waals surface area contributed by atoms with Gasteiger partial charge in [0.15, 0.2) is 5.65 Å². The maximum Gasteiger partial charge on any atom is 0.453 e. The number of likely N-dealkylation sites (tertiary alicyclic amines) is 1. The lowest BCUT2D eigenvalue weighted by atomic mass is 10.0. The molecule has 12 heteroatoms. The third kappa shape index (κ3) is 3.87. The molecule has 2 unspecified atom stereocenters. The molecule has 3 aromatic rings. The molecule has 2 aliphatic heterocycles. The van der Waals surface area contributed by atoms with Crippen LogP contribution in [0.3, 0.4) is 0 Å². The molecule has 2 atom stereocenters. The predicted molar refractivity (Wildman–Crippen MR) is 102 cm³/mol. The highest BCUT2D eigenvalue weighted by Gasteiger charge is 2.41. The first-order valence-electron chi connectivity index (χ1n) is 10.0. The Balaban J connectivity index is 1.26. The monoisotopic (exact) mass is 456 g/mol. The van der Waals surface area contributed by atoms with Crippen molar-refractivity contribution in [1.29, 1.82) is 0 Å². The first-order chi connectivity index (χ1) is 15.1. The highest BCUT2D eigenvalue weighted by atomic mass is 19.4. The van der Waals surface area contributed by atoms with E-state index in [0.717, 1.165) is 6.07 Å². The summed E-state index contributed by atoms with van der Waals surface area (Å²) in [6.07, 6.45) is -9.03. The second kappa shape index (κ2) is 7.32. The van der Waals surface area contributed by atoms with Crippen LogP contribution < -0.4 is 4.90 Å². The molecular formula is C20H18F6N6. The van der Waals surface area contributed by atoms with Crippen LogP contribution in [-0.4, -0.2) is 50.9 Å². The van der Waals surface area contributed by atoms with Crippen LogP contribution in [0.5, 0.6) is 0 Å². The molecule has 170 valence electrons. The molecule has 0 aliphatic carbocycles. The number of aromatic nitrogens is 4. The highest BCUT2D eigenvalue weighted by Crippen LogP contribution is 2.35. The number of hydrogen-bond acceptors (Lipinski definition) is 5. The lowest BCUT2D eigenvalue weighted by molar-refractivity contribution is -0.146. The van der Waals surface area contributed by atoms with Crippen LogP contribution in [0, 0.1) is 11.8 Å². The Hall–Kier alpha value is -2.89. The van der Waals surface area contributed by atoms with Crippen molar-refractivity contribution in [2.24, 2.45) is 11.8 Å². The molecule has 2 aliphatic rings. The minimum Gasteiger partial charge on any atom is -0.355 e. The van der Waals surface area contributed by atoms with Gasteiger partial charge in [-0.1, -0.05) is 18.2 Å². The molecule has 0 bridgehead atoms. The number of nitrogens with zero attached hydrogens (tertiary/aromatic N) is 6. The summed E-state index contributed by atoms with van der Waals surface area (Å²) in [6.45, 7) is 3.08. The van der Waals surface area contributed by atoms with E-state index in [1.807, 2.05) is 4.90 Å². The Labute approximate surface area is 178 Å². The van der Waals surface area contributed by atoms with E-state index in [1.165, 1.54) is 18.2 Å². The molecule has 1 aromatic carbocycles. The SMILES string of the molecule is FC(F)(F)c1cccc(CN2CC3CN(c4ccc5nnc(C(F)(F)F)n5n4)CC3C2)c1. The van der Waals surface area contributed by atoms with Crippen LogP contribution in [0.25, 0.3) is 5.65 Å². The highest BCUT2D eigenvalue weighted by molar-refractivity contribution is 5.47. The third-order valence-corrected chi connectivity index (χ3v) is 6.05. The van der Waals surface area contributed by atoms with Gasteiger partial charge < -0.3 is 4.90 Å². The largest absolute Gasteiger partial charge is 0.453 e. The van der Waals surface area contributed by atoms with E-state index in [1.54, 1.807) is 12.1 Å². The Bertz CT molecular complexity index is 1130. The lowest BCUT2D eigenvalue weighted by Gasteiger charge is -2.22. The number of hydrogen-bond donors (Lipinski definition) is 0. The van der Waals surface area contributed by atoms with E-state index < -0.39 is 23.7 Å². The van der Waals surface area contributed by atoms with Gasteiger partial charge in [-0.2, -0.15) is 30.9 Å². The molecule has 6 nitrogen and oxygen atoms in total. The Morgan fingerprint density at radius 3 is 2.22 bits per heavy atom. The van der Waals surface area contributed by atoms with Gasteiger partial charge in [0.1, 0.15) is 5.82 Å². The van der Waals surface area contributed by atoms with Gasteiger partial charge in [0, 0.05) is 32.7 Å². The summed E-state index contributed by atoms with van der Waals surface area (Å²) < 4.78 is 78.9. The molecule has 0 amide bonds. The van der Waals surface area contributed by atoms with Gasteiger partial charge in [-0.05, 0) is 35.6 Å². The second-order valence-corrected chi connectivity index (χ2v) is 8.30. The summed E-state index contributed by atoms with van der Waals surface area (Å²) in [5, 5.41) is 10.8. The zero-order chi connectivity index (χ0) is 22.7. The Morgan fingerprint density at radius 1 is 0.844 bits per heavy atom. The molecule has 0 radical (unpaired) electrons. The summed E-state index contributed by atoms with van der Waals surface area (Å²) in [4.78, 5) is 4.07. The van der Waals surface area contributed by atoms with Crippen molar-refractivity contribution in [2.45, 2.75) is 18.9 Å².